The summed E-state index contributed by atoms with van der Waals surface area (Å²) in [5.74, 6) is 0. The van der Waals surface area contributed by atoms with Crippen LogP contribution in [0.2, 0.25) is 0 Å². The highest BCUT2D eigenvalue weighted by molar-refractivity contribution is 5.48. The molecule has 0 aromatic rings. The smallest absolute Gasteiger partial charge is 0.119 e. The fraction of sp³-hybridized carbons (Fsp3) is 0.688. The molecular formula is C16H28O. The highest BCUT2D eigenvalue weighted by atomic mass is 16.1. The molecule has 0 aromatic carbocycles. The van der Waals surface area contributed by atoms with Gasteiger partial charge >= 0.3 is 0 Å². The van der Waals surface area contributed by atoms with Gasteiger partial charge in [-0.3, -0.25) is 0 Å². The van der Waals surface area contributed by atoms with Crippen LogP contribution in [-0.2, 0) is 4.79 Å². The first-order valence-corrected chi connectivity index (χ1v) is 7.15. The van der Waals surface area contributed by atoms with Crippen molar-refractivity contribution >= 4 is 6.29 Å². The predicted molar refractivity (Wildman–Crippen MR) is 76.2 cm³/mol. The van der Waals surface area contributed by atoms with E-state index in [1.165, 1.54) is 38.5 Å². The van der Waals surface area contributed by atoms with Gasteiger partial charge in [-0.05, 0) is 44.9 Å². The Morgan fingerprint density at radius 2 is 1.12 bits per heavy atom. The number of aldehydes is 1. The van der Waals surface area contributed by atoms with Crippen molar-refractivity contribution in [1.82, 2.24) is 0 Å². The summed E-state index contributed by atoms with van der Waals surface area (Å²) in [4.78, 5) is 10.1. The number of carbonyl (C=O) groups is 1. The van der Waals surface area contributed by atoms with E-state index in [4.69, 9.17) is 0 Å². The number of hydrogen-bond acceptors (Lipinski definition) is 1. The molecule has 0 aromatic heterocycles. The predicted octanol–water partition coefficient (Wildman–Crippen LogP) is 5.22. The molecule has 0 bridgehead atoms. The average Bonchev–Trinajstić information content (AvgIpc) is 2.35. The molecule has 0 amide bonds. The van der Waals surface area contributed by atoms with Gasteiger partial charge in [0.15, 0.2) is 0 Å². The number of allylic oxidation sites excluding steroid dienone is 4. The van der Waals surface area contributed by atoms with Crippen LogP contribution in [0.5, 0.6) is 0 Å². The second-order valence-electron chi connectivity index (χ2n) is 4.47. The van der Waals surface area contributed by atoms with E-state index in [1.807, 2.05) is 0 Å². The van der Waals surface area contributed by atoms with Crippen LogP contribution in [0.4, 0.5) is 0 Å². The van der Waals surface area contributed by atoms with Crippen LogP contribution in [0.25, 0.3) is 0 Å². The standard InChI is InChI=1S/C16H28O/c1-2-3-4-5-6-7-8-9-10-11-12-13-14-15-16-17/h5-6,10-11,16H,2-4,7-9,12-15H2,1H3/b6-5?,11-10-. The second-order valence-corrected chi connectivity index (χ2v) is 4.47. The molecule has 0 saturated heterocycles. The van der Waals surface area contributed by atoms with Crippen molar-refractivity contribution in [3.05, 3.63) is 24.3 Å². The van der Waals surface area contributed by atoms with Gasteiger partial charge in [0.1, 0.15) is 6.29 Å². The molecule has 0 aliphatic rings. The average molecular weight is 236 g/mol. The topological polar surface area (TPSA) is 17.1 Å². The van der Waals surface area contributed by atoms with Gasteiger partial charge in [0.2, 0.25) is 0 Å². The summed E-state index contributed by atoms with van der Waals surface area (Å²) < 4.78 is 0. The van der Waals surface area contributed by atoms with Gasteiger partial charge in [0.05, 0.1) is 0 Å². The summed E-state index contributed by atoms with van der Waals surface area (Å²) in [6, 6.07) is 0. The minimum Gasteiger partial charge on any atom is -0.303 e. The fourth-order valence-electron chi connectivity index (χ4n) is 1.64. The fourth-order valence-corrected chi connectivity index (χ4v) is 1.64. The van der Waals surface area contributed by atoms with Crippen molar-refractivity contribution in [2.45, 2.75) is 71.1 Å². The summed E-state index contributed by atoms with van der Waals surface area (Å²) in [6.07, 6.45) is 21.7. The Balaban J connectivity index is 3.13. The van der Waals surface area contributed by atoms with Gasteiger partial charge in [-0.2, -0.15) is 0 Å². The van der Waals surface area contributed by atoms with Gasteiger partial charge in [-0.1, -0.05) is 44.1 Å². The zero-order valence-corrected chi connectivity index (χ0v) is 11.4. The molecule has 1 heteroatoms. The Morgan fingerprint density at radius 3 is 1.65 bits per heavy atom. The quantitative estimate of drug-likeness (QED) is 0.258. The molecule has 0 saturated carbocycles. The van der Waals surface area contributed by atoms with Crippen LogP contribution < -0.4 is 0 Å². The molecule has 0 radical (unpaired) electrons. The Morgan fingerprint density at radius 1 is 0.647 bits per heavy atom. The molecular weight excluding hydrogens is 208 g/mol. The first-order chi connectivity index (χ1) is 8.41. The van der Waals surface area contributed by atoms with Crippen molar-refractivity contribution < 1.29 is 4.79 Å². The van der Waals surface area contributed by atoms with Crippen molar-refractivity contribution in [2.75, 3.05) is 0 Å². The van der Waals surface area contributed by atoms with Gasteiger partial charge in [-0.25, -0.2) is 0 Å². The molecule has 17 heavy (non-hydrogen) atoms. The van der Waals surface area contributed by atoms with Crippen LogP contribution in [0.15, 0.2) is 24.3 Å². The SMILES string of the molecule is CCCCC=CCCC/C=C\CCCCC=O. The van der Waals surface area contributed by atoms with Gasteiger partial charge in [0.25, 0.3) is 0 Å². The zero-order valence-electron chi connectivity index (χ0n) is 11.4. The van der Waals surface area contributed by atoms with E-state index >= 15 is 0 Å². The molecule has 0 rings (SSSR count). The lowest BCUT2D eigenvalue weighted by Crippen LogP contribution is -1.76. The summed E-state index contributed by atoms with van der Waals surface area (Å²) >= 11 is 0. The van der Waals surface area contributed by atoms with Crippen molar-refractivity contribution in [3.8, 4) is 0 Å². The van der Waals surface area contributed by atoms with E-state index in [-0.39, 0.29) is 0 Å². The number of carbonyl (C=O) groups excluding carboxylic acids is 1. The zero-order chi connectivity index (χ0) is 12.6. The Hall–Kier alpha value is -0.850. The Kier molecular flexibility index (Phi) is 14.4. The lowest BCUT2D eigenvalue weighted by Gasteiger charge is -1.93. The van der Waals surface area contributed by atoms with E-state index in [2.05, 4.69) is 31.2 Å². The van der Waals surface area contributed by atoms with Crippen LogP contribution in [0.1, 0.15) is 71.1 Å². The lowest BCUT2D eigenvalue weighted by molar-refractivity contribution is -0.107. The molecule has 98 valence electrons. The first kappa shape index (κ1) is 16.1. The molecule has 1 nitrogen and oxygen atoms in total. The molecule has 0 atom stereocenters. The van der Waals surface area contributed by atoms with Crippen LogP contribution in [0, 0.1) is 0 Å². The number of unbranched alkanes of at least 4 members (excludes halogenated alkanes) is 7. The van der Waals surface area contributed by atoms with Crippen LogP contribution >= 0.6 is 0 Å². The van der Waals surface area contributed by atoms with Gasteiger partial charge in [-0.15, -0.1) is 0 Å². The van der Waals surface area contributed by atoms with E-state index in [9.17, 15) is 4.79 Å². The first-order valence-electron chi connectivity index (χ1n) is 7.15. The molecule has 0 aliphatic carbocycles. The molecule has 0 unspecified atom stereocenters. The van der Waals surface area contributed by atoms with Crippen molar-refractivity contribution in [2.24, 2.45) is 0 Å². The minimum atomic E-state index is 0.719. The minimum absolute atomic E-state index is 0.719. The molecule has 0 aliphatic heterocycles. The molecule has 0 N–H and O–H groups in total. The summed E-state index contributed by atoms with van der Waals surface area (Å²) in [5.41, 5.74) is 0. The van der Waals surface area contributed by atoms with Crippen molar-refractivity contribution in [3.63, 3.8) is 0 Å². The maximum atomic E-state index is 10.1. The van der Waals surface area contributed by atoms with E-state index in [0.29, 0.717) is 0 Å². The number of rotatable bonds is 12. The highest BCUT2D eigenvalue weighted by Gasteiger charge is 1.85. The third kappa shape index (κ3) is 15.1. The van der Waals surface area contributed by atoms with E-state index in [1.54, 1.807) is 0 Å². The largest absolute Gasteiger partial charge is 0.303 e. The normalized spacial score (nSPS) is 11.6. The molecule has 0 heterocycles. The van der Waals surface area contributed by atoms with Crippen molar-refractivity contribution in [1.29, 1.82) is 0 Å². The highest BCUT2D eigenvalue weighted by Crippen LogP contribution is 2.03. The van der Waals surface area contributed by atoms with Crippen LogP contribution in [-0.4, -0.2) is 6.29 Å². The third-order valence-corrected chi connectivity index (χ3v) is 2.74. The monoisotopic (exact) mass is 236 g/mol. The lowest BCUT2D eigenvalue weighted by atomic mass is 10.1. The maximum Gasteiger partial charge on any atom is 0.119 e. The molecule has 0 fully saturated rings. The van der Waals surface area contributed by atoms with Gasteiger partial charge < -0.3 is 4.79 Å². The van der Waals surface area contributed by atoms with Crippen LogP contribution in [0.3, 0.4) is 0 Å². The summed E-state index contributed by atoms with van der Waals surface area (Å²) in [5, 5.41) is 0. The Bertz CT molecular complexity index is 204. The Labute approximate surface area is 107 Å². The van der Waals surface area contributed by atoms with E-state index < -0.39 is 0 Å². The summed E-state index contributed by atoms with van der Waals surface area (Å²) in [6.45, 7) is 2.23. The van der Waals surface area contributed by atoms with Gasteiger partial charge in [0, 0.05) is 6.42 Å². The van der Waals surface area contributed by atoms with E-state index in [0.717, 1.165) is 32.0 Å². The summed E-state index contributed by atoms with van der Waals surface area (Å²) in [7, 11) is 0. The number of hydrogen-bond donors (Lipinski definition) is 0. The maximum absolute atomic E-state index is 10.1. The second kappa shape index (κ2) is 15.1. The third-order valence-electron chi connectivity index (χ3n) is 2.74. The molecule has 0 spiro atoms.